The van der Waals surface area contributed by atoms with Crippen LogP contribution in [0.5, 0.6) is 0 Å². The zero-order valence-electron chi connectivity index (χ0n) is 6.42. The molecule has 0 fully saturated rings. The number of benzene rings is 1. The van der Waals surface area contributed by atoms with Gasteiger partial charge in [0.1, 0.15) is 0 Å². The molecule has 0 unspecified atom stereocenters. The fourth-order valence-electron chi connectivity index (χ4n) is 1.13. The summed E-state index contributed by atoms with van der Waals surface area (Å²) >= 11 is 3.26. The molecule has 5 heteroatoms. The maximum absolute atomic E-state index is 12.2. The van der Waals surface area contributed by atoms with E-state index in [1.807, 2.05) is 0 Å². The SMILES string of the molecule is FC(F)n1cc2c(Br)cccc2n1. The fourth-order valence-corrected chi connectivity index (χ4v) is 1.58. The van der Waals surface area contributed by atoms with Gasteiger partial charge in [-0.25, -0.2) is 4.68 Å². The van der Waals surface area contributed by atoms with Gasteiger partial charge in [-0.3, -0.25) is 0 Å². The molecule has 0 aliphatic carbocycles. The third-order valence-corrected chi connectivity index (χ3v) is 2.41. The molecule has 68 valence electrons. The largest absolute Gasteiger partial charge is 0.333 e. The highest BCUT2D eigenvalue weighted by Gasteiger charge is 2.09. The van der Waals surface area contributed by atoms with Gasteiger partial charge in [-0.15, -0.1) is 0 Å². The third-order valence-electron chi connectivity index (χ3n) is 1.71. The minimum absolute atomic E-state index is 0.565. The molecule has 0 spiro atoms. The summed E-state index contributed by atoms with van der Waals surface area (Å²) in [6.07, 6.45) is 1.32. The molecule has 0 atom stereocenters. The average molecular weight is 247 g/mol. The van der Waals surface area contributed by atoms with Crippen molar-refractivity contribution in [2.24, 2.45) is 0 Å². The van der Waals surface area contributed by atoms with Crippen LogP contribution in [0, 0.1) is 0 Å². The lowest BCUT2D eigenvalue weighted by atomic mass is 10.3. The van der Waals surface area contributed by atoms with Crippen molar-refractivity contribution >= 4 is 26.8 Å². The highest BCUT2D eigenvalue weighted by Crippen LogP contribution is 2.24. The number of hydrogen-bond donors (Lipinski definition) is 0. The Morgan fingerprint density at radius 1 is 1.38 bits per heavy atom. The van der Waals surface area contributed by atoms with E-state index >= 15 is 0 Å². The van der Waals surface area contributed by atoms with Crippen LogP contribution in [0.15, 0.2) is 28.9 Å². The number of halogens is 3. The van der Waals surface area contributed by atoms with Crippen molar-refractivity contribution < 1.29 is 8.78 Å². The summed E-state index contributed by atoms with van der Waals surface area (Å²) < 4.78 is 25.9. The molecule has 0 aliphatic heterocycles. The van der Waals surface area contributed by atoms with Crippen molar-refractivity contribution in [1.29, 1.82) is 0 Å². The van der Waals surface area contributed by atoms with E-state index in [0.29, 0.717) is 15.6 Å². The minimum atomic E-state index is -2.58. The van der Waals surface area contributed by atoms with E-state index in [4.69, 9.17) is 0 Å². The Morgan fingerprint density at radius 2 is 2.15 bits per heavy atom. The maximum Gasteiger partial charge on any atom is 0.333 e. The van der Waals surface area contributed by atoms with Crippen molar-refractivity contribution in [2.45, 2.75) is 6.55 Å². The van der Waals surface area contributed by atoms with E-state index < -0.39 is 6.55 Å². The van der Waals surface area contributed by atoms with Gasteiger partial charge in [-0.2, -0.15) is 13.9 Å². The lowest BCUT2D eigenvalue weighted by molar-refractivity contribution is 0.0574. The van der Waals surface area contributed by atoms with Crippen molar-refractivity contribution in [1.82, 2.24) is 9.78 Å². The predicted octanol–water partition coefficient (Wildman–Crippen LogP) is 3.19. The Morgan fingerprint density at radius 3 is 2.77 bits per heavy atom. The van der Waals surface area contributed by atoms with Gasteiger partial charge in [0.2, 0.25) is 0 Å². The first-order valence-electron chi connectivity index (χ1n) is 3.60. The molecule has 0 radical (unpaired) electrons. The fraction of sp³-hybridized carbons (Fsp3) is 0.125. The van der Waals surface area contributed by atoms with Gasteiger partial charge in [0.05, 0.1) is 5.52 Å². The molecule has 0 bridgehead atoms. The van der Waals surface area contributed by atoms with Crippen LogP contribution >= 0.6 is 15.9 Å². The van der Waals surface area contributed by atoms with Gasteiger partial charge in [0.25, 0.3) is 0 Å². The van der Waals surface area contributed by atoms with Gasteiger partial charge < -0.3 is 0 Å². The Bertz CT molecular complexity index is 439. The second-order valence-electron chi connectivity index (χ2n) is 2.56. The Hall–Kier alpha value is -0.970. The lowest BCUT2D eigenvalue weighted by Gasteiger charge is -1.94. The van der Waals surface area contributed by atoms with Crippen LogP contribution in [0.1, 0.15) is 6.55 Å². The molecule has 1 aromatic carbocycles. The maximum atomic E-state index is 12.2. The number of aromatic nitrogens is 2. The van der Waals surface area contributed by atoms with Crippen molar-refractivity contribution in [2.75, 3.05) is 0 Å². The van der Waals surface area contributed by atoms with Crippen molar-refractivity contribution in [3.05, 3.63) is 28.9 Å². The molecule has 2 rings (SSSR count). The first-order chi connectivity index (χ1) is 6.18. The number of fused-ring (bicyclic) bond motifs is 1. The second kappa shape index (κ2) is 3.06. The summed E-state index contributed by atoms with van der Waals surface area (Å²) in [6.45, 7) is -2.58. The van der Waals surface area contributed by atoms with Crippen molar-refractivity contribution in [3.63, 3.8) is 0 Å². The van der Waals surface area contributed by atoms with Crippen LogP contribution in [-0.4, -0.2) is 9.78 Å². The number of hydrogen-bond acceptors (Lipinski definition) is 1. The molecular weight excluding hydrogens is 242 g/mol. The monoisotopic (exact) mass is 246 g/mol. The summed E-state index contributed by atoms with van der Waals surface area (Å²) in [5, 5.41) is 4.41. The van der Waals surface area contributed by atoms with Gasteiger partial charge >= 0.3 is 6.55 Å². The predicted molar refractivity (Wildman–Crippen MR) is 48.7 cm³/mol. The van der Waals surface area contributed by atoms with Crippen LogP contribution < -0.4 is 0 Å². The Labute approximate surface area is 81.3 Å². The van der Waals surface area contributed by atoms with Crippen LogP contribution in [0.2, 0.25) is 0 Å². The normalized spacial score (nSPS) is 11.4. The molecule has 0 N–H and O–H groups in total. The molecule has 2 nitrogen and oxygen atoms in total. The van der Waals surface area contributed by atoms with Gasteiger partial charge in [-0.1, -0.05) is 22.0 Å². The van der Waals surface area contributed by atoms with E-state index in [2.05, 4.69) is 21.0 Å². The lowest BCUT2D eigenvalue weighted by Crippen LogP contribution is -1.96. The molecule has 0 saturated carbocycles. The van der Waals surface area contributed by atoms with Crippen LogP contribution in [0.25, 0.3) is 10.9 Å². The summed E-state index contributed by atoms with van der Waals surface area (Å²) in [7, 11) is 0. The summed E-state index contributed by atoms with van der Waals surface area (Å²) in [6, 6.07) is 5.24. The summed E-state index contributed by atoms with van der Waals surface area (Å²) in [4.78, 5) is 0. The number of nitrogens with zero attached hydrogens (tertiary/aromatic N) is 2. The van der Waals surface area contributed by atoms with Crippen LogP contribution in [0.3, 0.4) is 0 Å². The van der Waals surface area contributed by atoms with E-state index in [1.54, 1.807) is 18.2 Å². The van der Waals surface area contributed by atoms with Crippen LogP contribution in [-0.2, 0) is 0 Å². The Balaban J connectivity index is 2.68. The first kappa shape index (κ1) is 8.62. The molecule has 2 aromatic rings. The summed E-state index contributed by atoms with van der Waals surface area (Å²) in [5.74, 6) is 0. The Kier molecular flexibility index (Phi) is 2.03. The smallest absolute Gasteiger partial charge is 0.210 e. The summed E-state index contributed by atoms with van der Waals surface area (Å²) in [5.41, 5.74) is 0.565. The zero-order valence-corrected chi connectivity index (χ0v) is 8.00. The van der Waals surface area contributed by atoms with E-state index in [0.717, 1.165) is 4.47 Å². The quantitative estimate of drug-likeness (QED) is 0.756. The highest BCUT2D eigenvalue weighted by atomic mass is 79.9. The topological polar surface area (TPSA) is 17.8 Å². The molecule has 0 aliphatic rings. The van der Waals surface area contributed by atoms with E-state index in [1.165, 1.54) is 6.20 Å². The molecule has 0 amide bonds. The van der Waals surface area contributed by atoms with Gasteiger partial charge in [-0.05, 0) is 12.1 Å². The van der Waals surface area contributed by atoms with Crippen LogP contribution in [0.4, 0.5) is 8.78 Å². The number of alkyl halides is 2. The molecule has 0 saturated heterocycles. The second-order valence-corrected chi connectivity index (χ2v) is 3.41. The zero-order chi connectivity index (χ0) is 9.42. The molecular formula is C8H5BrF2N2. The van der Waals surface area contributed by atoms with E-state index in [9.17, 15) is 8.78 Å². The third kappa shape index (κ3) is 1.44. The average Bonchev–Trinajstić information content (AvgIpc) is 2.49. The highest BCUT2D eigenvalue weighted by molar-refractivity contribution is 9.10. The van der Waals surface area contributed by atoms with Crippen molar-refractivity contribution in [3.8, 4) is 0 Å². The molecule has 1 heterocycles. The van der Waals surface area contributed by atoms with Gasteiger partial charge in [0.15, 0.2) is 0 Å². The first-order valence-corrected chi connectivity index (χ1v) is 4.39. The minimum Gasteiger partial charge on any atom is -0.210 e. The number of rotatable bonds is 1. The van der Waals surface area contributed by atoms with E-state index in [-0.39, 0.29) is 0 Å². The molecule has 13 heavy (non-hydrogen) atoms. The van der Waals surface area contributed by atoms with Gasteiger partial charge in [0, 0.05) is 16.1 Å². The standard InChI is InChI=1S/C8H5BrF2N2/c9-6-2-1-3-7-5(6)4-13(12-7)8(10)11/h1-4,8H. The molecule has 1 aromatic heterocycles.